The van der Waals surface area contributed by atoms with Gasteiger partial charge < -0.3 is 10.6 Å². The van der Waals surface area contributed by atoms with Crippen LogP contribution in [0.2, 0.25) is 0 Å². The van der Waals surface area contributed by atoms with Crippen LogP contribution in [-0.2, 0) is 22.7 Å². The molecule has 3 N–H and O–H groups in total. The molecule has 0 aliphatic carbocycles. The van der Waals surface area contributed by atoms with E-state index in [1.54, 1.807) is 4.90 Å². The zero-order chi connectivity index (χ0) is 18.0. The Morgan fingerprint density at radius 2 is 2.12 bits per heavy atom. The zero-order valence-electron chi connectivity index (χ0n) is 14.5. The Morgan fingerprint density at radius 1 is 1.32 bits per heavy atom. The molecule has 1 atom stereocenters. The molecule has 3 rings (SSSR count). The molecule has 2 aliphatic rings. The predicted molar refractivity (Wildman–Crippen MR) is 92.5 cm³/mol. The first-order chi connectivity index (χ1) is 12.0. The first-order valence-corrected chi connectivity index (χ1v) is 8.72. The van der Waals surface area contributed by atoms with Crippen LogP contribution < -0.4 is 11.1 Å². The van der Waals surface area contributed by atoms with Gasteiger partial charge in [-0.05, 0) is 30.2 Å². The number of nitrogens with zero attached hydrogens (tertiary/aromatic N) is 2. The van der Waals surface area contributed by atoms with Crippen LogP contribution in [0.1, 0.15) is 41.3 Å². The highest BCUT2D eigenvalue weighted by Gasteiger charge is 2.39. The molecule has 1 saturated heterocycles. The molecule has 2 heterocycles. The van der Waals surface area contributed by atoms with Crippen molar-refractivity contribution >= 4 is 17.7 Å². The van der Waals surface area contributed by atoms with Crippen molar-refractivity contribution in [1.82, 2.24) is 15.1 Å². The lowest BCUT2D eigenvalue weighted by atomic mass is 10.0. The van der Waals surface area contributed by atoms with E-state index < -0.39 is 6.04 Å². The summed E-state index contributed by atoms with van der Waals surface area (Å²) in [6, 6.07) is 5.28. The van der Waals surface area contributed by atoms with Crippen molar-refractivity contribution < 1.29 is 14.4 Å². The molecule has 0 saturated carbocycles. The van der Waals surface area contributed by atoms with Crippen molar-refractivity contribution in [3.8, 4) is 0 Å². The number of imide groups is 1. The minimum Gasteiger partial charge on any atom is -0.329 e. The van der Waals surface area contributed by atoms with E-state index in [9.17, 15) is 14.4 Å². The van der Waals surface area contributed by atoms with Gasteiger partial charge in [-0.15, -0.1) is 0 Å². The van der Waals surface area contributed by atoms with Crippen LogP contribution >= 0.6 is 0 Å². The quantitative estimate of drug-likeness (QED) is 0.720. The molecule has 1 aromatic rings. The van der Waals surface area contributed by atoms with Gasteiger partial charge in [-0.2, -0.15) is 0 Å². The molecule has 25 heavy (non-hydrogen) atoms. The van der Waals surface area contributed by atoms with Crippen molar-refractivity contribution in [3.63, 3.8) is 0 Å². The highest BCUT2D eigenvalue weighted by Crippen LogP contribution is 2.28. The average molecular weight is 344 g/mol. The minimum absolute atomic E-state index is 0.134. The second kappa shape index (κ2) is 7.33. The molecule has 0 bridgehead atoms. The third-order valence-electron chi connectivity index (χ3n) is 4.89. The smallest absolute Gasteiger partial charge is 0.255 e. The van der Waals surface area contributed by atoms with E-state index in [1.165, 1.54) is 0 Å². The number of benzene rings is 1. The number of carbonyl (C=O) groups is 3. The first kappa shape index (κ1) is 17.6. The Morgan fingerprint density at radius 3 is 2.80 bits per heavy atom. The lowest BCUT2D eigenvalue weighted by Crippen LogP contribution is -2.52. The monoisotopic (exact) mass is 344 g/mol. The van der Waals surface area contributed by atoms with Gasteiger partial charge in [0, 0.05) is 38.2 Å². The highest BCUT2D eigenvalue weighted by molar-refractivity contribution is 6.05. The second-order valence-electron chi connectivity index (χ2n) is 6.55. The van der Waals surface area contributed by atoms with Crippen LogP contribution in [0.5, 0.6) is 0 Å². The second-order valence-corrected chi connectivity index (χ2v) is 6.55. The van der Waals surface area contributed by atoms with Crippen molar-refractivity contribution in [2.24, 2.45) is 5.73 Å². The van der Waals surface area contributed by atoms with Gasteiger partial charge in [0.1, 0.15) is 6.04 Å². The van der Waals surface area contributed by atoms with Gasteiger partial charge in [0.25, 0.3) is 5.91 Å². The van der Waals surface area contributed by atoms with Crippen molar-refractivity contribution in [1.29, 1.82) is 0 Å². The SMILES string of the molecule is CCN(CCN)Cc1ccc2c(c1)CN(C1CCC(=O)NC1=O)C2=O. The van der Waals surface area contributed by atoms with Gasteiger partial charge >= 0.3 is 0 Å². The summed E-state index contributed by atoms with van der Waals surface area (Å²) in [6.45, 7) is 5.65. The maximum Gasteiger partial charge on any atom is 0.255 e. The van der Waals surface area contributed by atoms with Crippen molar-refractivity contribution in [2.45, 2.75) is 38.9 Å². The number of amides is 3. The third-order valence-corrected chi connectivity index (χ3v) is 4.89. The van der Waals surface area contributed by atoms with Crippen LogP contribution in [0.15, 0.2) is 18.2 Å². The van der Waals surface area contributed by atoms with Crippen molar-refractivity contribution in [2.75, 3.05) is 19.6 Å². The van der Waals surface area contributed by atoms with E-state index in [2.05, 4.69) is 17.1 Å². The molecule has 1 fully saturated rings. The maximum atomic E-state index is 12.6. The molecule has 1 unspecified atom stereocenters. The predicted octanol–water partition coefficient (Wildman–Crippen LogP) is 0.228. The van der Waals surface area contributed by atoms with E-state index in [0.29, 0.717) is 25.1 Å². The van der Waals surface area contributed by atoms with Gasteiger partial charge in [0.05, 0.1) is 0 Å². The van der Waals surface area contributed by atoms with Crippen LogP contribution in [0.3, 0.4) is 0 Å². The number of rotatable bonds is 6. The fourth-order valence-electron chi connectivity index (χ4n) is 3.52. The molecule has 2 aliphatic heterocycles. The fraction of sp³-hybridized carbons (Fsp3) is 0.500. The summed E-state index contributed by atoms with van der Waals surface area (Å²) in [6.07, 6.45) is 0.656. The Balaban J connectivity index is 1.75. The van der Waals surface area contributed by atoms with Crippen LogP contribution in [0.4, 0.5) is 0 Å². The zero-order valence-corrected chi connectivity index (χ0v) is 14.5. The molecule has 0 radical (unpaired) electrons. The van der Waals surface area contributed by atoms with E-state index >= 15 is 0 Å². The number of carbonyl (C=O) groups excluding carboxylic acids is 3. The summed E-state index contributed by atoms with van der Waals surface area (Å²) in [5.74, 6) is -0.782. The van der Waals surface area contributed by atoms with Gasteiger partial charge in [-0.3, -0.25) is 24.6 Å². The molecule has 134 valence electrons. The summed E-state index contributed by atoms with van der Waals surface area (Å²) in [4.78, 5) is 39.9. The number of piperidine rings is 1. The fourth-order valence-corrected chi connectivity index (χ4v) is 3.52. The van der Waals surface area contributed by atoms with Crippen LogP contribution in [-0.4, -0.2) is 53.2 Å². The third kappa shape index (κ3) is 3.57. The summed E-state index contributed by atoms with van der Waals surface area (Å²) >= 11 is 0. The number of hydrogen-bond donors (Lipinski definition) is 2. The Bertz CT molecular complexity index is 704. The normalized spacial score (nSPS) is 20.2. The average Bonchev–Trinajstić information content (AvgIpc) is 2.90. The standard InChI is InChI=1S/C18H24N4O3/c1-2-21(8-7-19)10-12-3-4-14-13(9-12)11-22(18(14)25)15-5-6-16(23)20-17(15)24/h3-4,9,15H,2,5-8,10-11,19H2,1H3,(H,20,23,24). The number of fused-ring (bicyclic) bond motifs is 1. The lowest BCUT2D eigenvalue weighted by Gasteiger charge is -2.29. The largest absolute Gasteiger partial charge is 0.329 e. The van der Waals surface area contributed by atoms with Crippen LogP contribution in [0, 0.1) is 0 Å². The molecule has 1 aromatic carbocycles. The van der Waals surface area contributed by atoms with Crippen molar-refractivity contribution in [3.05, 3.63) is 34.9 Å². The number of nitrogens with two attached hydrogens (primary N) is 1. The van der Waals surface area contributed by atoms with Gasteiger partial charge in [-0.25, -0.2) is 0 Å². The van der Waals surface area contributed by atoms with E-state index in [4.69, 9.17) is 5.73 Å². The maximum absolute atomic E-state index is 12.6. The van der Waals surface area contributed by atoms with Gasteiger partial charge in [0.2, 0.25) is 11.8 Å². The number of nitrogens with one attached hydrogen (secondary N) is 1. The molecule has 3 amide bonds. The van der Waals surface area contributed by atoms with Crippen LogP contribution in [0.25, 0.3) is 0 Å². The summed E-state index contributed by atoms with van der Waals surface area (Å²) in [7, 11) is 0. The Hall–Kier alpha value is -2.25. The summed E-state index contributed by atoms with van der Waals surface area (Å²) < 4.78 is 0. The summed E-state index contributed by atoms with van der Waals surface area (Å²) in [5, 5.41) is 2.32. The topological polar surface area (TPSA) is 95.7 Å². The van der Waals surface area contributed by atoms with Gasteiger partial charge in [0.15, 0.2) is 0 Å². The molecule has 0 spiro atoms. The molecule has 7 heteroatoms. The number of likely N-dealkylation sites (N-methyl/N-ethyl adjacent to an activating group) is 1. The Labute approximate surface area is 147 Å². The van der Waals surface area contributed by atoms with E-state index in [1.807, 2.05) is 18.2 Å². The molecular weight excluding hydrogens is 320 g/mol. The highest BCUT2D eigenvalue weighted by atomic mass is 16.2. The Kier molecular flexibility index (Phi) is 5.15. The van der Waals surface area contributed by atoms with Gasteiger partial charge in [-0.1, -0.05) is 19.1 Å². The molecular formula is C18H24N4O3. The number of hydrogen-bond acceptors (Lipinski definition) is 5. The minimum atomic E-state index is -0.564. The van der Waals surface area contributed by atoms with E-state index in [-0.39, 0.29) is 24.1 Å². The lowest BCUT2D eigenvalue weighted by molar-refractivity contribution is -0.136. The summed E-state index contributed by atoms with van der Waals surface area (Å²) in [5.41, 5.74) is 8.36. The van der Waals surface area contributed by atoms with E-state index in [0.717, 1.165) is 30.8 Å². The molecule has 7 nitrogen and oxygen atoms in total. The molecule has 0 aromatic heterocycles. The first-order valence-electron chi connectivity index (χ1n) is 8.72.